The number of nitrogens with one attached hydrogen (secondary N) is 2. The van der Waals surface area contributed by atoms with Crippen molar-refractivity contribution in [1.29, 1.82) is 0 Å². The molecule has 3 N–H and O–H groups in total. The van der Waals surface area contributed by atoms with Crippen LogP contribution >= 0.6 is 69.6 Å². The number of carboxylic acids is 1. The van der Waals surface area contributed by atoms with Crippen molar-refractivity contribution in [3.63, 3.8) is 0 Å². The Morgan fingerprint density at radius 2 is 1.00 bits per heavy atom. The van der Waals surface area contributed by atoms with Crippen LogP contribution in [0.15, 0.2) is 144 Å². The Bertz CT molecular complexity index is 3660. The number of amides is 2. The lowest BCUT2D eigenvalue weighted by Crippen LogP contribution is -2.51. The summed E-state index contributed by atoms with van der Waals surface area (Å²) in [4.78, 5) is 73.5. The highest BCUT2D eigenvalue weighted by atomic mass is 35.5. The molecular weight excluding hydrogens is 1260 g/mol. The molecule has 0 aliphatic carbocycles. The Kier molecular flexibility index (Phi) is 28.0. The quantitative estimate of drug-likeness (QED) is 0.0262. The Balaban J connectivity index is 0.000000231. The molecule has 464 valence electrons. The number of nitrogens with zero attached hydrogens (tertiary/aromatic N) is 6. The van der Waals surface area contributed by atoms with E-state index < -0.39 is 29.7 Å². The number of aliphatic carboxylic acids is 1. The van der Waals surface area contributed by atoms with E-state index in [-0.39, 0.29) is 25.0 Å². The molecule has 26 heteroatoms. The molecule has 2 heterocycles. The number of fused-ring (bicyclic) bond motifs is 2. The second kappa shape index (κ2) is 34.9. The molecule has 8 rings (SSSR count). The predicted molar refractivity (Wildman–Crippen MR) is 345 cm³/mol. The smallest absolute Gasteiger partial charge is 0.351 e. The highest BCUT2D eigenvalue weighted by Gasteiger charge is 2.44. The monoisotopic (exact) mass is 1320 g/mol. The van der Waals surface area contributed by atoms with Gasteiger partial charge in [0.15, 0.2) is 18.8 Å². The summed E-state index contributed by atoms with van der Waals surface area (Å²) in [6.07, 6.45) is 2.30. The number of anilines is 2. The summed E-state index contributed by atoms with van der Waals surface area (Å²) in [6.45, 7) is 15.6. The van der Waals surface area contributed by atoms with Crippen LogP contribution in [0.2, 0.25) is 30.1 Å². The molecule has 0 saturated carbocycles. The zero-order valence-corrected chi connectivity index (χ0v) is 53.6. The van der Waals surface area contributed by atoms with Crippen LogP contribution in [0.5, 0.6) is 34.8 Å². The summed E-state index contributed by atoms with van der Waals surface area (Å²) in [6, 6.07) is 33.7. The van der Waals surface area contributed by atoms with Gasteiger partial charge in [0.2, 0.25) is 29.2 Å². The van der Waals surface area contributed by atoms with Gasteiger partial charge in [-0.1, -0.05) is 93.8 Å². The maximum Gasteiger partial charge on any atom is 0.351 e. The third-order valence-corrected chi connectivity index (χ3v) is 13.3. The van der Waals surface area contributed by atoms with Crippen molar-refractivity contribution in [2.75, 3.05) is 23.8 Å². The van der Waals surface area contributed by atoms with Crippen molar-refractivity contribution in [1.82, 2.24) is 19.9 Å². The number of hydrogen-bond acceptors (Lipinski definition) is 17. The molecule has 2 unspecified atom stereocenters. The standard InChI is InChI=1S/2C22H22ClN3O5.2C9H9Cl2NO/c1-13(2)26-31-14(3)22(4,21(27)28)30-17-8-6-16(7-9-17)29-20-12-24-19-11-15(23)5-10-18(19)25-20;1-14(2)26-29-11-10-28-22(27)15(3)30-17-5-7-18(8-6-17)31-21-13-24-20-12-16(23)4-9-19(20)25-21;2*1-2-9(13)12-6-3-4-7(10)8(11)5-6/h5-12,14H,1-4H3,(H,27,28);4-9,12-13,15H,10-11H2,1-3H3;2*3-5H,2H2,1H3,(H,12,13)/t;15-;;/m.1../s1. The Labute approximate surface area is 538 Å². The zero-order valence-electron chi connectivity index (χ0n) is 49.1. The maximum atomic E-state index is 12.0. The summed E-state index contributed by atoms with van der Waals surface area (Å²) in [5, 5.41) is 25.7. The van der Waals surface area contributed by atoms with Gasteiger partial charge in [-0.25, -0.2) is 29.5 Å². The molecule has 0 bridgehead atoms. The van der Waals surface area contributed by atoms with Gasteiger partial charge in [0.1, 0.15) is 29.6 Å². The number of halogens is 6. The molecule has 20 nitrogen and oxygen atoms in total. The average molecular weight is 1320 g/mol. The minimum Gasteiger partial charge on any atom is -0.479 e. The molecule has 3 atom stereocenters. The molecular formula is C62H62Cl6N8O12. The molecule has 0 aliphatic rings. The number of esters is 1. The number of rotatable bonds is 21. The molecule has 2 amide bonds. The van der Waals surface area contributed by atoms with Gasteiger partial charge in [-0.2, -0.15) is 0 Å². The van der Waals surface area contributed by atoms with Crippen LogP contribution in [-0.4, -0.2) is 91.2 Å². The minimum absolute atomic E-state index is 0.0432. The first kappa shape index (κ1) is 70.5. The summed E-state index contributed by atoms with van der Waals surface area (Å²) in [5.41, 5.74) is 3.82. The molecule has 88 heavy (non-hydrogen) atoms. The Hall–Kier alpha value is -8.24. The molecule has 8 aromatic rings. The predicted octanol–water partition coefficient (Wildman–Crippen LogP) is 16.6. The number of oxime groups is 2. The topological polar surface area (TPSA) is 253 Å². The van der Waals surface area contributed by atoms with Crippen LogP contribution in [-0.2, 0) is 33.6 Å². The van der Waals surface area contributed by atoms with Gasteiger partial charge in [0.25, 0.3) is 0 Å². The summed E-state index contributed by atoms with van der Waals surface area (Å²) in [7, 11) is 0. The van der Waals surface area contributed by atoms with E-state index in [9.17, 15) is 24.3 Å². The van der Waals surface area contributed by atoms with Crippen LogP contribution in [0.4, 0.5) is 11.4 Å². The van der Waals surface area contributed by atoms with Crippen molar-refractivity contribution < 1.29 is 57.6 Å². The van der Waals surface area contributed by atoms with E-state index in [1.54, 1.807) is 163 Å². The normalized spacial score (nSPS) is 11.8. The van der Waals surface area contributed by atoms with Crippen LogP contribution in [0.1, 0.15) is 75.2 Å². The fourth-order valence-electron chi connectivity index (χ4n) is 6.64. The van der Waals surface area contributed by atoms with Crippen molar-refractivity contribution in [2.24, 2.45) is 10.3 Å². The van der Waals surface area contributed by atoms with Crippen LogP contribution in [0.25, 0.3) is 22.1 Å². The number of carbonyl (C=O) groups excluding carboxylic acids is 3. The Morgan fingerprint density at radius 3 is 1.42 bits per heavy atom. The van der Waals surface area contributed by atoms with Gasteiger partial charge >= 0.3 is 11.9 Å². The van der Waals surface area contributed by atoms with Crippen LogP contribution in [0.3, 0.4) is 0 Å². The fraction of sp³-hybridized carbons (Fsp3) is 0.258. The third-order valence-electron chi connectivity index (χ3n) is 11.3. The molecule has 0 radical (unpaired) electrons. The van der Waals surface area contributed by atoms with Crippen molar-refractivity contribution >= 4 is 138 Å². The van der Waals surface area contributed by atoms with E-state index in [0.29, 0.717) is 117 Å². The second-order valence-electron chi connectivity index (χ2n) is 19.0. The van der Waals surface area contributed by atoms with Crippen LogP contribution in [0, 0.1) is 0 Å². The van der Waals surface area contributed by atoms with E-state index in [4.69, 9.17) is 103 Å². The molecule has 0 saturated heterocycles. The Morgan fingerprint density at radius 1 is 0.557 bits per heavy atom. The van der Waals surface area contributed by atoms with Crippen molar-refractivity contribution in [2.45, 2.75) is 93.0 Å². The minimum atomic E-state index is -1.65. The molecule has 0 fully saturated rings. The SMILES string of the molecule is CC(C)=NOC(C)C(C)(Oc1ccc(Oc2cnc3cc(Cl)ccc3n2)cc1)C(=O)O.CC(C)=NOCCOC(=O)[C@@H](C)Oc1ccc(Oc2cnc3cc(Cl)ccc3n2)cc1.CCC(=O)Nc1ccc(Cl)c(Cl)c1.CCC(=O)Nc1ccc(Cl)c(Cl)c1. The number of ether oxygens (including phenoxy) is 5. The van der Waals surface area contributed by atoms with Crippen molar-refractivity contribution in [3.05, 3.63) is 164 Å². The van der Waals surface area contributed by atoms with E-state index in [0.717, 1.165) is 5.71 Å². The maximum absolute atomic E-state index is 12.0. The number of carboxylic acid groups (broad SMARTS) is 1. The summed E-state index contributed by atoms with van der Waals surface area (Å²) < 4.78 is 27.9. The summed E-state index contributed by atoms with van der Waals surface area (Å²) >= 11 is 34.8. The van der Waals surface area contributed by atoms with Gasteiger partial charge in [-0.15, -0.1) is 0 Å². The highest BCUT2D eigenvalue weighted by Crippen LogP contribution is 2.31. The fourth-order valence-corrected chi connectivity index (χ4v) is 7.57. The van der Waals surface area contributed by atoms with Gasteiger partial charge in [0.05, 0.1) is 66.0 Å². The first-order valence-corrected chi connectivity index (χ1v) is 29.1. The average Bonchev–Trinajstić information content (AvgIpc) is 2.59. The van der Waals surface area contributed by atoms with E-state index in [1.165, 1.54) is 19.3 Å². The number of aromatic nitrogens is 4. The number of hydrogen-bond donors (Lipinski definition) is 3. The lowest BCUT2D eigenvalue weighted by molar-refractivity contribution is -0.167. The van der Waals surface area contributed by atoms with Gasteiger partial charge in [0, 0.05) is 34.3 Å². The van der Waals surface area contributed by atoms with Gasteiger partial charge in [-0.3, -0.25) is 9.59 Å². The molecule has 6 aromatic carbocycles. The zero-order chi connectivity index (χ0) is 64.5. The second-order valence-corrected chi connectivity index (χ2v) is 21.5. The number of benzene rings is 6. The van der Waals surface area contributed by atoms with Gasteiger partial charge in [-0.05, 0) is 170 Å². The van der Waals surface area contributed by atoms with E-state index in [2.05, 4.69) is 40.9 Å². The lowest BCUT2D eigenvalue weighted by Gasteiger charge is -2.30. The largest absolute Gasteiger partial charge is 0.479 e. The van der Waals surface area contributed by atoms with E-state index >= 15 is 0 Å². The van der Waals surface area contributed by atoms with Crippen molar-refractivity contribution in [3.8, 4) is 34.8 Å². The highest BCUT2D eigenvalue weighted by molar-refractivity contribution is 6.42. The van der Waals surface area contributed by atoms with E-state index in [1.807, 2.05) is 13.8 Å². The first-order chi connectivity index (χ1) is 41.8. The summed E-state index contributed by atoms with van der Waals surface area (Å²) in [5.74, 6) is 0.790. The molecule has 0 spiro atoms. The number of carbonyl (C=O) groups is 4. The molecule has 2 aromatic heterocycles. The lowest BCUT2D eigenvalue weighted by atomic mass is 10.0. The van der Waals surface area contributed by atoms with Crippen LogP contribution < -0.4 is 29.6 Å². The molecule has 0 aliphatic heterocycles. The first-order valence-electron chi connectivity index (χ1n) is 26.8. The van der Waals surface area contributed by atoms with Gasteiger partial charge < -0.3 is 49.1 Å². The third kappa shape index (κ3) is 23.5.